The lowest BCUT2D eigenvalue weighted by Gasteiger charge is -2.12. The van der Waals surface area contributed by atoms with Crippen LogP contribution in [0.1, 0.15) is 26.7 Å². The van der Waals surface area contributed by atoms with Crippen LogP contribution in [0.5, 0.6) is 5.88 Å². The van der Waals surface area contributed by atoms with Gasteiger partial charge in [0, 0.05) is 13.1 Å². The van der Waals surface area contributed by atoms with E-state index in [-0.39, 0.29) is 11.6 Å². The highest BCUT2D eigenvalue weighted by Gasteiger charge is 2.18. The van der Waals surface area contributed by atoms with Gasteiger partial charge >= 0.3 is 5.69 Å². The number of rotatable bonds is 7. The second-order valence-electron chi connectivity index (χ2n) is 4.23. The van der Waals surface area contributed by atoms with Crippen LogP contribution in [0.2, 0.25) is 0 Å². The largest absolute Gasteiger partial charge is 0.472 e. The topological polar surface area (TPSA) is 77.3 Å². The second kappa shape index (κ2) is 6.78. The van der Waals surface area contributed by atoms with Gasteiger partial charge in [-0.2, -0.15) is 4.98 Å². The van der Waals surface area contributed by atoms with Crippen LogP contribution in [0.3, 0.4) is 0 Å². The molecule has 0 spiro atoms. The van der Waals surface area contributed by atoms with Crippen molar-refractivity contribution in [2.75, 3.05) is 19.0 Å². The van der Waals surface area contributed by atoms with E-state index in [2.05, 4.69) is 24.1 Å². The highest BCUT2D eigenvalue weighted by molar-refractivity contribution is 5.48. The molecule has 0 saturated carbocycles. The lowest BCUT2D eigenvalue weighted by molar-refractivity contribution is -0.386. The summed E-state index contributed by atoms with van der Waals surface area (Å²) in [6.07, 6.45) is 2.09. The Hall–Kier alpha value is -1.85. The molecule has 0 aliphatic rings. The van der Waals surface area contributed by atoms with Crippen LogP contribution in [0.25, 0.3) is 0 Å². The fraction of sp³-hybridized carbons (Fsp3) is 0.583. The molecule has 1 atom stereocenters. The number of ether oxygens (including phenoxy) is 1. The van der Waals surface area contributed by atoms with Crippen LogP contribution in [0.15, 0.2) is 12.1 Å². The molecule has 6 heteroatoms. The highest BCUT2D eigenvalue weighted by atomic mass is 16.6. The zero-order chi connectivity index (χ0) is 13.5. The molecular weight excluding hydrogens is 234 g/mol. The van der Waals surface area contributed by atoms with Gasteiger partial charge in [-0.05, 0) is 18.4 Å². The van der Waals surface area contributed by atoms with Crippen molar-refractivity contribution in [3.8, 4) is 5.88 Å². The van der Waals surface area contributed by atoms with Crippen molar-refractivity contribution in [2.45, 2.75) is 26.7 Å². The van der Waals surface area contributed by atoms with Crippen molar-refractivity contribution in [3.05, 3.63) is 22.2 Å². The van der Waals surface area contributed by atoms with Crippen molar-refractivity contribution < 1.29 is 9.66 Å². The number of nitrogens with one attached hydrogen (secondary N) is 1. The first-order chi connectivity index (χ1) is 8.58. The number of aromatic nitrogens is 1. The fourth-order valence-corrected chi connectivity index (χ4v) is 1.61. The van der Waals surface area contributed by atoms with E-state index >= 15 is 0 Å². The standard InChI is InChI=1S/C12H19N3O3/c1-4-5-9(2)8-18-12-10(15(16)17)6-7-11(13-3)14-12/h6-7,9H,4-5,8H2,1-3H3,(H,13,14). The van der Waals surface area contributed by atoms with Gasteiger partial charge in [-0.25, -0.2) is 0 Å². The summed E-state index contributed by atoms with van der Waals surface area (Å²) >= 11 is 0. The maximum absolute atomic E-state index is 10.9. The van der Waals surface area contributed by atoms with Gasteiger partial charge in [0.15, 0.2) is 0 Å². The van der Waals surface area contributed by atoms with Crippen LogP contribution in [-0.4, -0.2) is 23.6 Å². The van der Waals surface area contributed by atoms with Crippen molar-refractivity contribution in [3.63, 3.8) is 0 Å². The van der Waals surface area contributed by atoms with E-state index in [1.807, 2.05) is 0 Å². The molecule has 0 aliphatic carbocycles. The van der Waals surface area contributed by atoms with Gasteiger partial charge in [-0.15, -0.1) is 0 Å². The van der Waals surface area contributed by atoms with Crippen molar-refractivity contribution in [1.29, 1.82) is 0 Å². The molecule has 0 amide bonds. The number of nitro groups is 1. The predicted molar refractivity (Wildman–Crippen MR) is 70.0 cm³/mol. The zero-order valence-corrected chi connectivity index (χ0v) is 11.0. The average molecular weight is 253 g/mol. The van der Waals surface area contributed by atoms with E-state index in [1.165, 1.54) is 6.07 Å². The van der Waals surface area contributed by atoms with E-state index in [0.29, 0.717) is 18.3 Å². The molecule has 0 aromatic carbocycles. The molecule has 1 rings (SSSR count). The first-order valence-electron chi connectivity index (χ1n) is 6.04. The first kappa shape index (κ1) is 14.2. The number of nitrogens with zero attached hydrogens (tertiary/aromatic N) is 2. The SMILES string of the molecule is CCCC(C)COc1nc(NC)ccc1[N+](=O)[O-]. The Kier molecular flexibility index (Phi) is 5.35. The molecule has 1 unspecified atom stereocenters. The number of hydrogen-bond donors (Lipinski definition) is 1. The molecule has 0 aliphatic heterocycles. The monoisotopic (exact) mass is 253 g/mol. The quantitative estimate of drug-likeness (QED) is 0.597. The average Bonchev–Trinajstić information content (AvgIpc) is 2.36. The third kappa shape index (κ3) is 3.87. The summed E-state index contributed by atoms with van der Waals surface area (Å²) in [5.41, 5.74) is -0.0994. The molecular formula is C12H19N3O3. The molecule has 18 heavy (non-hydrogen) atoms. The zero-order valence-electron chi connectivity index (χ0n) is 11.0. The van der Waals surface area contributed by atoms with Gasteiger partial charge in [-0.1, -0.05) is 20.3 Å². The summed E-state index contributed by atoms with van der Waals surface area (Å²) in [4.78, 5) is 14.4. The van der Waals surface area contributed by atoms with Gasteiger partial charge in [0.25, 0.3) is 5.88 Å². The van der Waals surface area contributed by atoms with Crippen LogP contribution >= 0.6 is 0 Å². The number of hydrogen-bond acceptors (Lipinski definition) is 5. The normalized spacial score (nSPS) is 11.9. The van der Waals surface area contributed by atoms with E-state index in [9.17, 15) is 10.1 Å². The lowest BCUT2D eigenvalue weighted by atomic mass is 10.1. The smallest absolute Gasteiger partial charge is 0.331 e. The van der Waals surface area contributed by atoms with Crippen LogP contribution in [0, 0.1) is 16.0 Å². The van der Waals surface area contributed by atoms with Crippen molar-refractivity contribution in [1.82, 2.24) is 4.98 Å². The maximum atomic E-state index is 10.9. The Bertz CT molecular complexity index is 410. The van der Waals surface area contributed by atoms with Crippen molar-refractivity contribution in [2.24, 2.45) is 5.92 Å². The Labute approximate surface area is 107 Å². The summed E-state index contributed by atoms with van der Waals surface area (Å²) < 4.78 is 5.46. The van der Waals surface area contributed by atoms with E-state index < -0.39 is 4.92 Å². The van der Waals surface area contributed by atoms with Crippen LogP contribution < -0.4 is 10.1 Å². The van der Waals surface area contributed by atoms with E-state index in [0.717, 1.165) is 12.8 Å². The van der Waals surface area contributed by atoms with E-state index in [1.54, 1.807) is 13.1 Å². The summed E-state index contributed by atoms with van der Waals surface area (Å²) in [6, 6.07) is 2.96. The predicted octanol–water partition coefficient (Wildman–Crippen LogP) is 2.85. The molecule has 0 radical (unpaired) electrons. The minimum atomic E-state index is -0.480. The number of pyridine rings is 1. The summed E-state index contributed by atoms with van der Waals surface area (Å²) in [7, 11) is 1.71. The summed E-state index contributed by atoms with van der Waals surface area (Å²) in [5.74, 6) is 0.989. The van der Waals surface area contributed by atoms with Gasteiger partial charge in [0.2, 0.25) is 0 Å². The Morgan fingerprint density at radius 3 is 2.83 bits per heavy atom. The lowest BCUT2D eigenvalue weighted by Crippen LogP contribution is -2.10. The Balaban J connectivity index is 2.80. The third-order valence-electron chi connectivity index (χ3n) is 2.58. The molecule has 1 aromatic heterocycles. The first-order valence-corrected chi connectivity index (χ1v) is 6.04. The molecule has 0 fully saturated rings. The maximum Gasteiger partial charge on any atom is 0.331 e. The van der Waals surface area contributed by atoms with Crippen molar-refractivity contribution >= 4 is 11.5 Å². The summed E-state index contributed by atoms with van der Waals surface area (Å²) in [5, 5.41) is 13.7. The molecule has 1 N–H and O–H groups in total. The van der Waals surface area contributed by atoms with Gasteiger partial charge in [0.1, 0.15) is 5.82 Å². The van der Waals surface area contributed by atoms with Gasteiger partial charge in [0.05, 0.1) is 11.5 Å². The van der Waals surface area contributed by atoms with Crippen LogP contribution in [0.4, 0.5) is 11.5 Å². The van der Waals surface area contributed by atoms with Gasteiger partial charge < -0.3 is 10.1 Å². The minimum Gasteiger partial charge on any atom is -0.472 e. The second-order valence-corrected chi connectivity index (χ2v) is 4.23. The summed E-state index contributed by atoms with van der Waals surface area (Å²) in [6.45, 7) is 4.59. The molecule has 6 nitrogen and oxygen atoms in total. The number of anilines is 1. The molecule has 1 aromatic rings. The molecule has 0 bridgehead atoms. The van der Waals surface area contributed by atoms with Gasteiger partial charge in [-0.3, -0.25) is 10.1 Å². The molecule has 0 saturated heterocycles. The fourth-order valence-electron chi connectivity index (χ4n) is 1.61. The van der Waals surface area contributed by atoms with Crippen LogP contribution in [-0.2, 0) is 0 Å². The third-order valence-corrected chi connectivity index (χ3v) is 2.58. The van der Waals surface area contributed by atoms with E-state index in [4.69, 9.17) is 4.74 Å². The highest BCUT2D eigenvalue weighted by Crippen LogP contribution is 2.26. The minimum absolute atomic E-state index is 0.0785. The Morgan fingerprint density at radius 2 is 2.28 bits per heavy atom. The molecule has 100 valence electrons. The molecule has 1 heterocycles. The Morgan fingerprint density at radius 1 is 1.56 bits per heavy atom.